The lowest BCUT2D eigenvalue weighted by Crippen LogP contribution is -2.49. The van der Waals surface area contributed by atoms with Crippen LogP contribution < -0.4 is 5.73 Å². The molecule has 1 aromatic heterocycles. The van der Waals surface area contributed by atoms with Gasteiger partial charge in [0, 0.05) is 39.8 Å². The van der Waals surface area contributed by atoms with Crippen LogP contribution in [0.1, 0.15) is 24.5 Å². The van der Waals surface area contributed by atoms with Crippen LogP contribution in [0.15, 0.2) is 0 Å². The van der Waals surface area contributed by atoms with Gasteiger partial charge in [-0.3, -0.25) is 4.90 Å². The fourth-order valence-electron chi connectivity index (χ4n) is 2.77. The van der Waals surface area contributed by atoms with E-state index >= 15 is 0 Å². The Kier molecular flexibility index (Phi) is 4.84. The van der Waals surface area contributed by atoms with Gasteiger partial charge >= 0.3 is 0 Å². The lowest BCUT2D eigenvalue weighted by atomic mass is 10.1. The van der Waals surface area contributed by atoms with Gasteiger partial charge in [0.05, 0.1) is 11.7 Å². The monoisotopic (exact) mass is 285 g/mol. The Morgan fingerprint density at radius 1 is 1.32 bits per heavy atom. The van der Waals surface area contributed by atoms with Crippen LogP contribution in [0.3, 0.4) is 0 Å². The fraction of sp³-hybridized carbons (Fsp3) is 0.769. The first-order valence-corrected chi connectivity index (χ1v) is 7.31. The molecule has 2 heterocycles. The van der Waals surface area contributed by atoms with Crippen molar-refractivity contribution >= 4 is 11.6 Å². The van der Waals surface area contributed by atoms with E-state index in [9.17, 15) is 0 Å². The average Bonchev–Trinajstić information content (AvgIpc) is 2.67. The number of likely N-dealkylation sites (N-methyl/N-ethyl adjacent to an activating group) is 1. The van der Waals surface area contributed by atoms with Crippen molar-refractivity contribution in [3.8, 4) is 0 Å². The first-order chi connectivity index (χ1) is 9.08. The number of hydrogen-bond acceptors (Lipinski definition) is 4. The summed E-state index contributed by atoms with van der Waals surface area (Å²) in [5.74, 6) is 0.936. The highest BCUT2D eigenvalue weighted by Gasteiger charge is 2.28. The standard InChI is InChI=1S/C13H24ClN5/c1-4-18-5-7-19(8-6-18)11(9-15)12-13(14)16-10(2)17(12)3/h11H,4-9,15H2,1-3H3. The topological polar surface area (TPSA) is 50.3 Å². The Balaban J connectivity index is 2.16. The lowest BCUT2D eigenvalue weighted by molar-refractivity contribution is 0.0991. The van der Waals surface area contributed by atoms with Crippen molar-refractivity contribution in [2.24, 2.45) is 12.8 Å². The van der Waals surface area contributed by atoms with E-state index in [2.05, 4.69) is 26.3 Å². The average molecular weight is 286 g/mol. The molecule has 0 aromatic carbocycles. The summed E-state index contributed by atoms with van der Waals surface area (Å²) < 4.78 is 2.06. The first kappa shape index (κ1) is 14.8. The second-order valence-electron chi connectivity index (χ2n) is 5.12. The molecule has 1 atom stereocenters. The Morgan fingerprint density at radius 3 is 2.37 bits per heavy atom. The Labute approximate surface area is 120 Å². The Hall–Kier alpha value is -0.620. The quantitative estimate of drug-likeness (QED) is 0.897. The van der Waals surface area contributed by atoms with Gasteiger partial charge in [0.15, 0.2) is 5.15 Å². The zero-order chi connectivity index (χ0) is 14.0. The molecule has 5 nitrogen and oxygen atoms in total. The first-order valence-electron chi connectivity index (χ1n) is 6.93. The van der Waals surface area contributed by atoms with Crippen molar-refractivity contribution in [1.29, 1.82) is 0 Å². The third-order valence-corrected chi connectivity index (χ3v) is 4.43. The minimum atomic E-state index is 0.165. The highest BCUT2D eigenvalue weighted by Crippen LogP contribution is 2.27. The molecule has 19 heavy (non-hydrogen) atoms. The minimum Gasteiger partial charge on any atom is -0.333 e. The summed E-state index contributed by atoms with van der Waals surface area (Å²) in [6.07, 6.45) is 0. The van der Waals surface area contributed by atoms with E-state index in [-0.39, 0.29) is 6.04 Å². The van der Waals surface area contributed by atoms with Crippen molar-refractivity contribution in [1.82, 2.24) is 19.4 Å². The largest absolute Gasteiger partial charge is 0.333 e. The molecule has 108 valence electrons. The SMILES string of the molecule is CCN1CCN(C(CN)c2c(Cl)nc(C)n2C)CC1. The van der Waals surface area contributed by atoms with Crippen LogP contribution in [-0.2, 0) is 7.05 Å². The number of imidazole rings is 1. The summed E-state index contributed by atoms with van der Waals surface area (Å²) >= 11 is 6.27. The second-order valence-corrected chi connectivity index (χ2v) is 5.47. The van der Waals surface area contributed by atoms with Crippen LogP contribution in [0.2, 0.25) is 5.15 Å². The fourth-order valence-corrected chi connectivity index (χ4v) is 3.15. The molecule has 0 bridgehead atoms. The molecule has 2 N–H and O–H groups in total. The summed E-state index contributed by atoms with van der Waals surface area (Å²) in [6, 6.07) is 0.165. The summed E-state index contributed by atoms with van der Waals surface area (Å²) in [5, 5.41) is 0.591. The summed E-state index contributed by atoms with van der Waals surface area (Å²) in [5.41, 5.74) is 7.04. The molecule has 1 saturated heterocycles. The van der Waals surface area contributed by atoms with Gasteiger partial charge in [0.2, 0.25) is 0 Å². The number of halogens is 1. The molecular weight excluding hydrogens is 262 g/mol. The number of rotatable bonds is 4. The molecule has 6 heteroatoms. The van der Waals surface area contributed by atoms with E-state index in [4.69, 9.17) is 17.3 Å². The molecule has 0 saturated carbocycles. The lowest BCUT2D eigenvalue weighted by Gasteiger charge is -2.38. The van der Waals surface area contributed by atoms with Crippen LogP contribution >= 0.6 is 11.6 Å². The highest BCUT2D eigenvalue weighted by atomic mass is 35.5. The molecule has 1 aliphatic rings. The van der Waals surface area contributed by atoms with Crippen molar-refractivity contribution in [2.75, 3.05) is 39.3 Å². The van der Waals surface area contributed by atoms with Gasteiger partial charge < -0.3 is 15.2 Å². The zero-order valence-electron chi connectivity index (χ0n) is 12.1. The predicted octanol–water partition coefficient (Wildman–Crippen LogP) is 1.02. The van der Waals surface area contributed by atoms with Crippen LogP contribution in [0, 0.1) is 6.92 Å². The number of aromatic nitrogens is 2. The van der Waals surface area contributed by atoms with Crippen molar-refractivity contribution < 1.29 is 0 Å². The molecule has 2 rings (SSSR count). The summed E-state index contributed by atoms with van der Waals surface area (Å²) in [4.78, 5) is 9.22. The Morgan fingerprint density at radius 2 is 1.95 bits per heavy atom. The molecule has 1 aliphatic heterocycles. The number of nitrogens with zero attached hydrogens (tertiary/aromatic N) is 4. The number of aryl methyl sites for hydroxylation is 1. The third-order valence-electron chi connectivity index (χ3n) is 4.15. The predicted molar refractivity (Wildman–Crippen MR) is 78.4 cm³/mol. The number of nitrogens with two attached hydrogens (primary N) is 1. The highest BCUT2D eigenvalue weighted by molar-refractivity contribution is 6.30. The molecule has 0 amide bonds. The molecule has 1 fully saturated rings. The number of piperazine rings is 1. The number of hydrogen-bond donors (Lipinski definition) is 1. The van der Waals surface area contributed by atoms with Crippen molar-refractivity contribution in [3.05, 3.63) is 16.7 Å². The molecule has 1 unspecified atom stereocenters. The maximum absolute atomic E-state index is 6.27. The van der Waals surface area contributed by atoms with Gasteiger partial charge in [-0.15, -0.1) is 0 Å². The van der Waals surface area contributed by atoms with E-state index in [0.717, 1.165) is 44.2 Å². The van der Waals surface area contributed by atoms with E-state index < -0.39 is 0 Å². The van der Waals surface area contributed by atoms with Gasteiger partial charge in [-0.25, -0.2) is 4.98 Å². The van der Waals surface area contributed by atoms with Gasteiger partial charge in [-0.05, 0) is 13.5 Å². The normalized spacial score (nSPS) is 19.8. The van der Waals surface area contributed by atoms with Crippen LogP contribution in [-0.4, -0.2) is 58.6 Å². The van der Waals surface area contributed by atoms with E-state index in [0.29, 0.717) is 11.7 Å². The van der Waals surface area contributed by atoms with Crippen LogP contribution in [0.5, 0.6) is 0 Å². The van der Waals surface area contributed by atoms with E-state index in [1.165, 1.54) is 0 Å². The van der Waals surface area contributed by atoms with Gasteiger partial charge in [0.25, 0.3) is 0 Å². The maximum atomic E-state index is 6.27. The van der Waals surface area contributed by atoms with Crippen LogP contribution in [0.4, 0.5) is 0 Å². The Bertz CT molecular complexity index is 423. The van der Waals surface area contributed by atoms with E-state index in [1.54, 1.807) is 0 Å². The van der Waals surface area contributed by atoms with Crippen molar-refractivity contribution in [2.45, 2.75) is 19.9 Å². The smallest absolute Gasteiger partial charge is 0.152 e. The van der Waals surface area contributed by atoms with Gasteiger partial charge in [-0.2, -0.15) is 0 Å². The minimum absolute atomic E-state index is 0.165. The van der Waals surface area contributed by atoms with Gasteiger partial charge in [0.1, 0.15) is 5.82 Å². The molecule has 0 radical (unpaired) electrons. The maximum Gasteiger partial charge on any atom is 0.152 e. The van der Waals surface area contributed by atoms with Crippen LogP contribution in [0.25, 0.3) is 0 Å². The molecule has 1 aromatic rings. The molecule has 0 spiro atoms. The summed E-state index contributed by atoms with van der Waals surface area (Å²) in [7, 11) is 2.01. The second kappa shape index (κ2) is 6.22. The summed E-state index contributed by atoms with van der Waals surface area (Å²) in [6.45, 7) is 10.1. The van der Waals surface area contributed by atoms with Crippen molar-refractivity contribution in [3.63, 3.8) is 0 Å². The van der Waals surface area contributed by atoms with E-state index in [1.807, 2.05) is 14.0 Å². The third kappa shape index (κ3) is 2.94. The molecular formula is C13H24ClN5. The van der Waals surface area contributed by atoms with Gasteiger partial charge in [-0.1, -0.05) is 18.5 Å². The molecule has 0 aliphatic carbocycles. The zero-order valence-corrected chi connectivity index (χ0v) is 12.8.